The maximum atomic E-state index is 12.6. The SMILES string of the molecule is C=C[C@H]1[C@H](O[C@@H]2O[C@H](CO)[C@@H](O)[C@H](O)[C@H]2O)OC=C2C(=O)O[C@@H](OC(=O)C=Cc3ccc(O)c(O)c3)C[C@H]21. The number of aliphatic hydroxyl groups is 4. The molecule has 0 aromatic heterocycles. The van der Waals surface area contributed by atoms with E-state index in [0.29, 0.717) is 5.56 Å². The third kappa shape index (κ3) is 5.67. The number of phenolic OH excluding ortho intramolecular Hbond substituents is 2. The molecule has 3 heterocycles. The van der Waals surface area contributed by atoms with Crippen molar-refractivity contribution >= 4 is 18.0 Å². The number of rotatable bonds is 7. The van der Waals surface area contributed by atoms with Gasteiger partial charge in [-0.2, -0.15) is 0 Å². The summed E-state index contributed by atoms with van der Waals surface area (Å²) in [6.07, 6.45) is -5.01. The first kappa shape index (κ1) is 27.6. The summed E-state index contributed by atoms with van der Waals surface area (Å²) in [5.74, 6) is -3.65. The van der Waals surface area contributed by atoms with Gasteiger partial charge in [0.05, 0.1) is 18.4 Å². The van der Waals surface area contributed by atoms with Gasteiger partial charge in [0.2, 0.25) is 12.6 Å². The molecule has 0 saturated carbocycles. The normalized spacial score (nSPS) is 35.0. The van der Waals surface area contributed by atoms with E-state index in [4.69, 9.17) is 23.7 Å². The molecule has 206 valence electrons. The van der Waals surface area contributed by atoms with Gasteiger partial charge >= 0.3 is 11.9 Å². The molecule has 13 heteroatoms. The molecular weight excluding hydrogens is 508 g/mol. The van der Waals surface area contributed by atoms with Crippen molar-refractivity contribution in [2.24, 2.45) is 11.8 Å². The van der Waals surface area contributed by atoms with E-state index in [-0.39, 0.29) is 23.5 Å². The summed E-state index contributed by atoms with van der Waals surface area (Å²) >= 11 is 0. The molecule has 0 unspecified atom stereocenters. The number of ether oxygens (including phenoxy) is 5. The summed E-state index contributed by atoms with van der Waals surface area (Å²) in [6, 6.07) is 3.95. The van der Waals surface area contributed by atoms with E-state index < -0.39 is 73.7 Å². The lowest BCUT2D eigenvalue weighted by molar-refractivity contribution is -0.340. The summed E-state index contributed by atoms with van der Waals surface area (Å²) in [7, 11) is 0. The number of carbonyl (C=O) groups excluding carboxylic acids is 2. The van der Waals surface area contributed by atoms with Crippen LogP contribution in [0.15, 0.2) is 48.8 Å². The van der Waals surface area contributed by atoms with Crippen LogP contribution in [0.4, 0.5) is 0 Å². The zero-order valence-corrected chi connectivity index (χ0v) is 19.9. The molecule has 3 aliphatic rings. The van der Waals surface area contributed by atoms with Gasteiger partial charge in [-0.25, -0.2) is 9.59 Å². The fourth-order valence-electron chi connectivity index (χ4n) is 4.40. The molecule has 38 heavy (non-hydrogen) atoms. The molecular formula is C25H28O13. The molecule has 9 atom stereocenters. The number of hydrogen-bond donors (Lipinski definition) is 6. The molecule has 2 fully saturated rings. The van der Waals surface area contributed by atoms with Gasteiger partial charge in [-0.1, -0.05) is 12.1 Å². The number of esters is 2. The highest BCUT2D eigenvalue weighted by Crippen LogP contribution is 2.40. The van der Waals surface area contributed by atoms with Crippen LogP contribution in [-0.2, 0) is 33.3 Å². The molecule has 0 aliphatic carbocycles. The molecule has 0 amide bonds. The van der Waals surface area contributed by atoms with Crippen LogP contribution >= 0.6 is 0 Å². The minimum atomic E-state index is -1.67. The Balaban J connectivity index is 1.43. The first-order valence-corrected chi connectivity index (χ1v) is 11.7. The number of fused-ring (bicyclic) bond motifs is 1. The first-order chi connectivity index (χ1) is 18.1. The Kier molecular flexibility index (Phi) is 8.35. The number of aliphatic hydroxyl groups excluding tert-OH is 4. The van der Waals surface area contributed by atoms with Crippen LogP contribution < -0.4 is 0 Å². The minimum absolute atomic E-state index is 0.0196. The monoisotopic (exact) mass is 536 g/mol. The van der Waals surface area contributed by atoms with Gasteiger partial charge < -0.3 is 54.3 Å². The number of phenols is 2. The zero-order chi connectivity index (χ0) is 27.6. The van der Waals surface area contributed by atoms with Crippen molar-refractivity contribution in [3.8, 4) is 11.5 Å². The topological polar surface area (TPSA) is 202 Å². The van der Waals surface area contributed by atoms with Crippen LogP contribution in [0.3, 0.4) is 0 Å². The van der Waals surface area contributed by atoms with Crippen LogP contribution in [0.5, 0.6) is 11.5 Å². The Hall–Kier alpha value is -3.46. The van der Waals surface area contributed by atoms with Crippen LogP contribution in [0.1, 0.15) is 12.0 Å². The molecule has 0 spiro atoms. The highest BCUT2D eigenvalue weighted by atomic mass is 16.8. The van der Waals surface area contributed by atoms with Crippen molar-refractivity contribution < 1.29 is 63.9 Å². The van der Waals surface area contributed by atoms with Crippen LogP contribution in [0.2, 0.25) is 0 Å². The average Bonchev–Trinajstić information content (AvgIpc) is 2.89. The van der Waals surface area contributed by atoms with Gasteiger partial charge in [-0.3, -0.25) is 0 Å². The lowest BCUT2D eigenvalue weighted by Gasteiger charge is -2.44. The molecule has 0 radical (unpaired) electrons. The molecule has 1 aromatic carbocycles. The summed E-state index contributed by atoms with van der Waals surface area (Å²) in [6.45, 7) is 3.11. The van der Waals surface area contributed by atoms with Crippen molar-refractivity contribution in [3.63, 3.8) is 0 Å². The van der Waals surface area contributed by atoms with Gasteiger partial charge in [0.1, 0.15) is 24.4 Å². The Morgan fingerprint density at radius 2 is 1.87 bits per heavy atom. The Morgan fingerprint density at radius 1 is 1.11 bits per heavy atom. The highest BCUT2D eigenvalue weighted by Gasteiger charge is 2.49. The third-order valence-corrected chi connectivity index (χ3v) is 6.48. The predicted octanol–water partition coefficient (Wildman–Crippen LogP) is -0.598. The van der Waals surface area contributed by atoms with E-state index in [1.165, 1.54) is 30.4 Å². The standard InChI is InChI=1S/C25H28O13/c1-2-12-13-8-19(36-18(29)6-4-11-3-5-15(27)16(28)7-11)37-23(33)14(13)10-34-24(12)38-25-22(32)21(31)20(30)17(9-26)35-25/h2-7,10,12-13,17,19-22,24-28,30-32H,1,8-9H2/t12-,13+,17-,19-,20-,21+,22-,24+,25+/m1/s1. The van der Waals surface area contributed by atoms with E-state index in [1.807, 2.05) is 0 Å². The second-order valence-electron chi connectivity index (χ2n) is 8.92. The summed E-state index contributed by atoms with van der Waals surface area (Å²) in [5, 5.41) is 58.6. The molecule has 4 rings (SSSR count). The largest absolute Gasteiger partial charge is 0.504 e. The van der Waals surface area contributed by atoms with Gasteiger partial charge in [0.15, 0.2) is 17.8 Å². The van der Waals surface area contributed by atoms with E-state index in [0.717, 1.165) is 12.3 Å². The summed E-state index contributed by atoms with van der Waals surface area (Å²) < 4.78 is 27.0. The lowest BCUT2D eigenvalue weighted by atomic mass is 9.80. The van der Waals surface area contributed by atoms with E-state index >= 15 is 0 Å². The summed E-state index contributed by atoms with van der Waals surface area (Å²) in [5.41, 5.74) is 0.554. The first-order valence-electron chi connectivity index (χ1n) is 11.7. The number of aromatic hydroxyl groups is 2. The number of cyclic esters (lactones) is 1. The lowest BCUT2D eigenvalue weighted by Crippen LogP contribution is -2.60. The van der Waals surface area contributed by atoms with Crippen molar-refractivity contribution in [1.29, 1.82) is 0 Å². The van der Waals surface area contributed by atoms with Crippen molar-refractivity contribution in [2.45, 2.75) is 49.7 Å². The molecule has 1 aromatic rings. The fraction of sp³-hybridized carbons (Fsp3) is 0.440. The molecule has 13 nitrogen and oxygen atoms in total. The number of benzene rings is 1. The van der Waals surface area contributed by atoms with E-state index in [9.17, 15) is 40.2 Å². The second-order valence-corrected chi connectivity index (χ2v) is 8.92. The number of carbonyl (C=O) groups is 2. The Labute approximate surface area is 216 Å². The van der Waals surface area contributed by atoms with Crippen LogP contribution in [-0.4, -0.2) is 92.5 Å². The predicted molar refractivity (Wildman–Crippen MR) is 124 cm³/mol. The zero-order valence-electron chi connectivity index (χ0n) is 19.9. The van der Waals surface area contributed by atoms with E-state index in [1.54, 1.807) is 0 Å². The average molecular weight is 536 g/mol. The van der Waals surface area contributed by atoms with Gasteiger partial charge in [0, 0.05) is 24.3 Å². The maximum Gasteiger partial charge on any atom is 0.340 e. The van der Waals surface area contributed by atoms with Crippen LogP contribution in [0.25, 0.3) is 6.08 Å². The molecule has 2 saturated heterocycles. The Morgan fingerprint density at radius 3 is 2.55 bits per heavy atom. The number of hydrogen-bond acceptors (Lipinski definition) is 13. The fourth-order valence-corrected chi connectivity index (χ4v) is 4.40. The van der Waals surface area contributed by atoms with E-state index in [2.05, 4.69) is 6.58 Å². The Bertz CT molecular complexity index is 1110. The van der Waals surface area contributed by atoms with Crippen molar-refractivity contribution in [2.75, 3.05) is 6.61 Å². The highest BCUT2D eigenvalue weighted by molar-refractivity contribution is 5.91. The smallest absolute Gasteiger partial charge is 0.340 e. The quantitative estimate of drug-likeness (QED) is 0.112. The third-order valence-electron chi connectivity index (χ3n) is 6.48. The second kappa shape index (κ2) is 11.5. The van der Waals surface area contributed by atoms with Gasteiger partial charge in [-0.15, -0.1) is 6.58 Å². The molecule has 0 bridgehead atoms. The minimum Gasteiger partial charge on any atom is -0.504 e. The van der Waals surface area contributed by atoms with Crippen LogP contribution in [0, 0.1) is 11.8 Å². The van der Waals surface area contributed by atoms with Crippen molar-refractivity contribution in [1.82, 2.24) is 0 Å². The molecule has 3 aliphatic heterocycles. The van der Waals surface area contributed by atoms with Gasteiger partial charge in [0.25, 0.3) is 0 Å². The van der Waals surface area contributed by atoms with Crippen molar-refractivity contribution in [3.05, 3.63) is 54.3 Å². The van der Waals surface area contributed by atoms with Gasteiger partial charge in [-0.05, 0) is 23.8 Å². The maximum absolute atomic E-state index is 12.6. The summed E-state index contributed by atoms with van der Waals surface area (Å²) in [4.78, 5) is 24.9. The molecule has 6 N–H and O–H groups in total.